The third-order valence-corrected chi connectivity index (χ3v) is 2.01. The number of rotatable bonds is 4. The van der Waals surface area contributed by atoms with Crippen LogP contribution in [-0.4, -0.2) is 27.4 Å². The van der Waals surface area contributed by atoms with Crippen molar-refractivity contribution in [3.05, 3.63) is 30.1 Å². The number of nitrogens with zero attached hydrogens (tertiary/aromatic N) is 1. The monoisotopic (exact) mass is 181 g/mol. The lowest BCUT2D eigenvalue weighted by molar-refractivity contribution is 0.0265. The molecule has 1 rings (SSSR count). The molecule has 0 spiro atoms. The first-order chi connectivity index (χ1) is 6.20. The van der Waals surface area contributed by atoms with Crippen LogP contribution in [0.3, 0.4) is 0 Å². The smallest absolute Gasteiger partial charge is 0.0799 e. The molecule has 1 aromatic rings. The molecule has 0 saturated heterocycles. The Bertz CT molecular complexity index is 236. The van der Waals surface area contributed by atoms with Gasteiger partial charge in [-0.2, -0.15) is 0 Å². The minimum atomic E-state index is -0.656. The molecular weight excluding hydrogens is 166 g/mol. The number of hydrogen-bond donors (Lipinski definition) is 2. The lowest BCUT2D eigenvalue weighted by Crippen LogP contribution is -2.22. The normalized spacial score (nSPS) is 15.3. The van der Waals surface area contributed by atoms with E-state index in [1.165, 1.54) is 0 Å². The first-order valence-corrected chi connectivity index (χ1v) is 4.45. The Labute approximate surface area is 78.1 Å². The van der Waals surface area contributed by atoms with Crippen molar-refractivity contribution < 1.29 is 10.2 Å². The Morgan fingerprint density at radius 2 is 2.23 bits per heavy atom. The highest BCUT2D eigenvalue weighted by Gasteiger charge is 2.10. The van der Waals surface area contributed by atoms with Crippen LogP contribution >= 0.6 is 0 Å². The molecule has 0 bridgehead atoms. The topological polar surface area (TPSA) is 53.4 Å². The molecule has 3 heteroatoms. The molecule has 3 nitrogen and oxygen atoms in total. The van der Waals surface area contributed by atoms with E-state index in [9.17, 15) is 5.11 Å². The van der Waals surface area contributed by atoms with Crippen molar-refractivity contribution in [1.29, 1.82) is 0 Å². The third kappa shape index (κ3) is 3.53. The standard InChI is InChI=1S/C10H15NO2/c1-8(12)10(13)5-4-9-3-2-6-11-7-9/h2-3,6-8,10,12-13H,4-5H2,1H3. The Hall–Kier alpha value is -0.930. The number of aliphatic hydroxyl groups excluding tert-OH is 2. The molecule has 0 aromatic carbocycles. The summed E-state index contributed by atoms with van der Waals surface area (Å²) >= 11 is 0. The predicted molar refractivity (Wildman–Crippen MR) is 50.2 cm³/mol. The maximum absolute atomic E-state index is 9.32. The average molecular weight is 181 g/mol. The van der Waals surface area contributed by atoms with Crippen molar-refractivity contribution in [3.8, 4) is 0 Å². The van der Waals surface area contributed by atoms with Crippen LogP contribution in [0.2, 0.25) is 0 Å². The Balaban J connectivity index is 2.35. The number of aliphatic hydroxyl groups is 2. The van der Waals surface area contributed by atoms with E-state index in [-0.39, 0.29) is 0 Å². The molecule has 1 heterocycles. The van der Waals surface area contributed by atoms with E-state index in [0.29, 0.717) is 6.42 Å². The van der Waals surface area contributed by atoms with Crippen molar-refractivity contribution >= 4 is 0 Å². The number of pyridine rings is 1. The second-order valence-corrected chi connectivity index (χ2v) is 3.21. The van der Waals surface area contributed by atoms with E-state index in [0.717, 1.165) is 12.0 Å². The van der Waals surface area contributed by atoms with Gasteiger partial charge in [-0.1, -0.05) is 6.07 Å². The van der Waals surface area contributed by atoms with Crippen molar-refractivity contribution in [2.45, 2.75) is 32.0 Å². The van der Waals surface area contributed by atoms with Gasteiger partial charge in [0.1, 0.15) is 0 Å². The van der Waals surface area contributed by atoms with Crippen molar-refractivity contribution in [2.24, 2.45) is 0 Å². The molecule has 1 aromatic heterocycles. The molecule has 2 atom stereocenters. The van der Waals surface area contributed by atoms with Gasteiger partial charge >= 0.3 is 0 Å². The van der Waals surface area contributed by atoms with Crippen molar-refractivity contribution in [1.82, 2.24) is 4.98 Å². The van der Waals surface area contributed by atoms with E-state index in [1.807, 2.05) is 12.1 Å². The number of aryl methyl sites for hydroxylation is 1. The summed E-state index contributed by atoms with van der Waals surface area (Å²) in [4.78, 5) is 3.96. The van der Waals surface area contributed by atoms with E-state index >= 15 is 0 Å². The highest BCUT2D eigenvalue weighted by molar-refractivity contribution is 5.08. The number of hydrogen-bond acceptors (Lipinski definition) is 3. The Morgan fingerprint density at radius 3 is 2.77 bits per heavy atom. The van der Waals surface area contributed by atoms with Gasteiger partial charge in [0.15, 0.2) is 0 Å². The van der Waals surface area contributed by atoms with Crippen LogP contribution in [0.15, 0.2) is 24.5 Å². The van der Waals surface area contributed by atoms with Crippen LogP contribution in [0, 0.1) is 0 Å². The zero-order chi connectivity index (χ0) is 9.68. The first kappa shape index (κ1) is 10.2. The lowest BCUT2D eigenvalue weighted by atomic mass is 10.1. The van der Waals surface area contributed by atoms with Gasteiger partial charge in [0.25, 0.3) is 0 Å². The summed E-state index contributed by atoms with van der Waals surface area (Å²) in [5.41, 5.74) is 1.09. The van der Waals surface area contributed by atoms with E-state index in [4.69, 9.17) is 5.11 Å². The fraction of sp³-hybridized carbons (Fsp3) is 0.500. The van der Waals surface area contributed by atoms with Gasteiger partial charge in [0.2, 0.25) is 0 Å². The molecule has 2 unspecified atom stereocenters. The van der Waals surface area contributed by atoms with Crippen LogP contribution in [0.25, 0.3) is 0 Å². The molecule has 0 fully saturated rings. The third-order valence-electron chi connectivity index (χ3n) is 2.01. The average Bonchev–Trinajstić information content (AvgIpc) is 2.15. The summed E-state index contributed by atoms with van der Waals surface area (Å²) in [6, 6.07) is 3.83. The van der Waals surface area contributed by atoms with Gasteiger partial charge in [-0.15, -0.1) is 0 Å². The molecule has 0 saturated carbocycles. The molecule has 13 heavy (non-hydrogen) atoms. The van der Waals surface area contributed by atoms with E-state index in [2.05, 4.69) is 4.98 Å². The molecular formula is C10H15NO2. The Kier molecular flexibility index (Phi) is 3.86. The highest BCUT2D eigenvalue weighted by atomic mass is 16.3. The van der Waals surface area contributed by atoms with Gasteiger partial charge in [-0.25, -0.2) is 0 Å². The SMILES string of the molecule is CC(O)C(O)CCc1cccnc1. The second kappa shape index (κ2) is 4.94. The van der Waals surface area contributed by atoms with Crippen LogP contribution in [0.5, 0.6) is 0 Å². The number of aromatic nitrogens is 1. The molecule has 0 aliphatic carbocycles. The zero-order valence-corrected chi connectivity index (χ0v) is 7.72. The van der Waals surface area contributed by atoms with E-state index in [1.54, 1.807) is 19.3 Å². The van der Waals surface area contributed by atoms with Gasteiger partial charge in [-0.3, -0.25) is 4.98 Å². The van der Waals surface area contributed by atoms with Crippen LogP contribution in [0.4, 0.5) is 0 Å². The van der Waals surface area contributed by atoms with Crippen LogP contribution < -0.4 is 0 Å². The molecule has 0 radical (unpaired) electrons. The maximum atomic E-state index is 9.32. The fourth-order valence-corrected chi connectivity index (χ4v) is 1.10. The highest BCUT2D eigenvalue weighted by Crippen LogP contribution is 2.05. The summed E-state index contributed by atoms with van der Waals surface area (Å²) in [5.74, 6) is 0. The minimum Gasteiger partial charge on any atom is -0.391 e. The fourth-order valence-electron chi connectivity index (χ4n) is 1.10. The molecule has 0 aliphatic rings. The molecule has 2 N–H and O–H groups in total. The minimum absolute atomic E-state index is 0.573. The summed E-state index contributed by atoms with van der Waals surface area (Å²) < 4.78 is 0. The largest absolute Gasteiger partial charge is 0.391 e. The molecule has 0 amide bonds. The second-order valence-electron chi connectivity index (χ2n) is 3.21. The van der Waals surface area contributed by atoms with E-state index < -0.39 is 12.2 Å². The van der Waals surface area contributed by atoms with Gasteiger partial charge in [0.05, 0.1) is 12.2 Å². The molecule has 72 valence electrons. The van der Waals surface area contributed by atoms with Gasteiger partial charge in [-0.05, 0) is 31.4 Å². The Morgan fingerprint density at radius 1 is 1.46 bits per heavy atom. The predicted octanol–water partition coefficient (Wildman–Crippen LogP) is 0.756. The zero-order valence-electron chi connectivity index (χ0n) is 7.72. The quantitative estimate of drug-likeness (QED) is 0.721. The van der Waals surface area contributed by atoms with Crippen LogP contribution in [-0.2, 0) is 6.42 Å². The van der Waals surface area contributed by atoms with Gasteiger partial charge in [0, 0.05) is 12.4 Å². The van der Waals surface area contributed by atoms with Crippen molar-refractivity contribution in [3.63, 3.8) is 0 Å². The lowest BCUT2D eigenvalue weighted by Gasteiger charge is -2.12. The summed E-state index contributed by atoms with van der Waals surface area (Å²) in [6.45, 7) is 1.59. The van der Waals surface area contributed by atoms with Crippen molar-refractivity contribution in [2.75, 3.05) is 0 Å². The molecule has 0 aliphatic heterocycles. The summed E-state index contributed by atoms with van der Waals surface area (Å²) in [7, 11) is 0. The summed E-state index contributed by atoms with van der Waals surface area (Å²) in [6.07, 6.45) is 3.52. The first-order valence-electron chi connectivity index (χ1n) is 4.45. The summed E-state index contributed by atoms with van der Waals surface area (Å²) in [5, 5.41) is 18.4. The van der Waals surface area contributed by atoms with Gasteiger partial charge < -0.3 is 10.2 Å². The van der Waals surface area contributed by atoms with Crippen LogP contribution in [0.1, 0.15) is 18.9 Å². The maximum Gasteiger partial charge on any atom is 0.0799 e.